The van der Waals surface area contributed by atoms with Crippen LogP contribution in [-0.4, -0.2) is 61.5 Å². The lowest BCUT2D eigenvalue weighted by Crippen LogP contribution is -2.35. The molecular formula is C21H29N3O4. The van der Waals surface area contributed by atoms with Gasteiger partial charge in [0.1, 0.15) is 5.76 Å². The summed E-state index contributed by atoms with van der Waals surface area (Å²) >= 11 is 0. The maximum atomic E-state index is 12.5. The van der Waals surface area contributed by atoms with Gasteiger partial charge in [-0.05, 0) is 44.2 Å². The van der Waals surface area contributed by atoms with Crippen molar-refractivity contribution in [2.24, 2.45) is 0 Å². The molecule has 0 spiro atoms. The number of nitrogens with zero attached hydrogens (tertiary/aromatic N) is 2. The van der Waals surface area contributed by atoms with Crippen molar-refractivity contribution in [1.29, 1.82) is 0 Å². The molecule has 2 aromatic rings. The third-order valence-electron chi connectivity index (χ3n) is 4.38. The summed E-state index contributed by atoms with van der Waals surface area (Å²) in [5.74, 6) is 0.589. The lowest BCUT2D eigenvalue weighted by molar-refractivity contribution is -0.117. The van der Waals surface area contributed by atoms with Crippen molar-refractivity contribution in [1.82, 2.24) is 9.80 Å². The molecule has 28 heavy (non-hydrogen) atoms. The van der Waals surface area contributed by atoms with E-state index in [0.29, 0.717) is 44.0 Å². The Bertz CT molecular complexity index is 742. The number of nitrogens with one attached hydrogen (secondary N) is 1. The fourth-order valence-electron chi connectivity index (χ4n) is 2.88. The van der Waals surface area contributed by atoms with Gasteiger partial charge in [-0.1, -0.05) is 6.07 Å². The van der Waals surface area contributed by atoms with E-state index in [9.17, 15) is 9.59 Å². The molecule has 0 fully saturated rings. The Kier molecular flexibility index (Phi) is 8.71. The first-order chi connectivity index (χ1) is 13.6. The molecule has 0 aliphatic rings. The van der Waals surface area contributed by atoms with Crippen LogP contribution >= 0.6 is 0 Å². The number of furan rings is 1. The molecular weight excluding hydrogens is 358 g/mol. The smallest absolute Gasteiger partial charge is 0.253 e. The highest BCUT2D eigenvalue weighted by Gasteiger charge is 2.15. The zero-order valence-electron chi connectivity index (χ0n) is 16.8. The van der Waals surface area contributed by atoms with Crippen LogP contribution in [0.5, 0.6) is 0 Å². The molecule has 0 bridgehead atoms. The second-order valence-electron chi connectivity index (χ2n) is 6.39. The molecule has 2 rings (SSSR count). The summed E-state index contributed by atoms with van der Waals surface area (Å²) in [6.45, 7) is 7.01. The number of hydrogen-bond donors (Lipinski definition) is 1. The number of rotatable bonds is 11. The first-order valence-electron chi connectivity index (χ1n) is 9.50. The number of hydrogen-bond acceptors (Lipinski definition) is 5. The highest BCUT2D eigenvalue weighted by Crippen LogP contribution is 2.13. The molecule has 0 saturated heterocycles. The number of ether oxygens (including phenoxy) is 1. The Morgan fingerprint density at radius 1 is 1.14 bits per heavy atom. The average molecular weight is 387 g/mol. The third kappa shape index (κ3) is 6.51. The van der Waals surface area contributed by atoms with Gasteiger partial charge in [0.25, 0.3) is 5.91 Å². The van der Waals surface area contributed by atoms with Crippen LogP contribution in [0.4, 0.5) is 5.69 Å². The summed E-state index contributed by atoms with van der Waals surface area (Å²) in [6.07, 6.45) is 1.61. The minimum absolute atomic E-state index is 0.0411. The van der Waals surface area contributed by atoms with Gasteiger partial charge in [0.2, 0.25) is 5.91 Å². The van der Waals surface area contributed by atoms with Gasteiger partial charge in [-0.25, -0.2) is 0 Å². The summed E-state index contributed by atoms with van der Waals surface area (Å²) in [4.78, 5) is 28.7. The summed E-state index contributed by atoms with van der Waals surface area (Å²) in [5, 5.41) is 2.88. The molecule has 0 atom stereocenters. The maximum Gasteiger partial charge on any atom is 0.253 e. The predicted octanol–water partition coefficient (Wildman–Crippen LogP) is 2.85. The van der Waals surface area contributed by atoms with E-state index < -0.39 is 0 Å². The van der Waals surface area contributed by atoms with E-state index in [-0.39, 0.29) is 18.4 Å². The molecule has 0 aliphatic carbocycles. The van der Waals surface area contributed by atoms with E-state index in [1.54, 1.807) is 42.5 Å². The van der Waals surface area contributed by atoms with Crippen LogP contribution in [0.15, 0.2) is 47.1 Å². The molecule has 7 heteroatoms. The monoisotopic (exact) mass is 387 g/mol. The lowest BCUT2D eigenvalue weighted by Gasteiger charge is -2.21. The van der Waals surface area contributed by atoms with Crippen LogP contribution in [0, 0.1) is 0 Å². The molecule has 0 unspecified atom stereocenters. The fraction of sp³-hybridized carbons (Fsp3) is 0.429. The van der Waals surface area contributed by atoms with E-state index in [1.165, 1.54) is 0 Å². The van der Waals surface area contributed by atoms with E-state index in [1.807, 2.05) is 30.9 Å². The highest BCUT2D eigenvalue weighted by molar-refractivity contribution is 5.97. The Morgan fingerprint density at radius 3 is 2.57 bits per heavy atom. The zero-order chi connectivity index (χ0) is 20.4. The van der Waals surface area contributed by atoms with Crippen LogP contribution in [0.2, 0.25) is 0 Å². The van der Waals surface area contributed by atoms with Crippen molar-refractivity contribution < 1.29 is 18.7 Å². The summed E-state index contributed by atoms with van der Waals surface area (Å²) in [5.41, 5.74) is 1.17. The summed E-state index contributed by atoms with van der Waals surface area (Å²) < 4.78 is 10.5. The topological polar surface area (TPSA) is 75.0 Å². The van der Waals surface area contributed by atoms with Gasteiger partial charge >= 0.3 is 0 Å². The Hall–Kier alpha value is -2.64. The molecule has 2 amide bonds. The molecule has 1 aromatic heterocycles. The number of carbonyl (C=O) groups excluding carboxylic acids is 2. The zero-order valence-corrected chi connectivity index (χ0v) is 16.8. The largest absolute Gasteiger partial charge is 0.468 e. The second kappa shape index (κ2) is 11.3. The maximum absolute atomic E-state index is 12.5. The molecule has 0 saturated carbocycles. The van der Waals surface area contributed by atoms with Gasteiger partial charge in [0.05, 0.1) is 26.0 Å². The predicted molar refractivity (Wildman–Crippen MR) is 108 cm³/mol. The van der Waals surface area contributed by atoms with Gasteiger partial charge in [-0.2, -0.15) is 0 Å². The number of amides is 2. The first-order valence-corrected chi connectivity index (χ1v) is 9.50. The minimum atomic E-state index is -0.157. The van der Waals surface area contributed by atoms with Gasteiger partial charge in [-0.15, -0.1) is 0 Å². The number of carbonyl (C=O) groups is 2. The second-order valence-corrected chi connectivity index (χ2v) is 6.39. The van der Waals surface area contributed by atoms with Gasteiger partial charge in [0.15, 0.2) is 0 Å². The molecule has 0 radical (unpaired) electrons. The molecule has 152 valence electrons. The van der Waals surface area contributed by atoms with E-state index in [2.05, 4.69) is 5.32 Å². The van der Waals surface area contributed by atoms with Gasteiger partial charge in [-0.3, -0.25) is 14.5 Å². The van der Waals surface area contributed by atoms with Crippen molar-refractivity contribution in [2.75, 3.05) is 45.2 Å². The molecule has 1 N–H and O–H groups in total. The van der Waals surface area contributed by atoms with Gasteiger partial charge < -0.3 is 19.4 Å². The van der Waals surface area contributed by atoms with Crippen LogP contribution in [0.25, 0.3) is 0 Å². The molecule has 1 aromatic carbocycles. The van der Waals surface area contributed by atoms with Crippen molar-refractivity contribution in [2.45, 2.75) is 20.4 Å². The van der Waals surface area contributed by atoms with Crippen LogP contribution in [0.1, 0.15) is 30.0 Å². The first kappa shape index (κ1) is 21.7. The Morgan fingerprint density at radius 2 is 1.93 bits per heavy atom. The average Bonchev–Trinajstić information content (AvgIpc) is 3.20. The minimum Gasteiger partial charge on any atom is -0.468 e. The summed E-state index contributed by atoms with van der Waals surface area (Å²) in [6, 6.07) is 10.7. The SMILES string of the molecule is CCN(CC)C(=O)c1cccc(NC(=O)CN(CCOC)Cc2ccco2)c1. The standard InChI is InChI=1S/C21H29N3O4/c1-4-24(5-2)21(26)17-8-6-9-18(14-17)22-20(25)16-23(11-13-27-3)15-19-10-7-12-28-19/h6-10,12,14H,4-5,11,13,15-16H2,1-3H3,(H,22,25). The highest BCUT2D eigenvalue weighted by atomic mass is 16.5. The lowest BCUT2D eigenvalue weighted by atomic mass is 10.1. The van der Waals surface area contributed by atoms with Crippen molar-refractivity contribution in [3.05, 3.63) is 54.0 Å². The molecule has 1 heterocycles. The van der Waals surface area contributed by atoms with E-state index in [4.69, 9.17) is 9.15 Å². The number of benzene rings is 1. The van der Waals surface area contributed by atoms with Crippen LogP contribution in [-0.2, 0) is 16.1 Å². The molecule has 7 nitrogen and oxygen atoms in total. The molecule has 0 aliphatic heterocycles. The van der Waals surface area contributed by atoms with Gasteiger partial charge in [0, 0.05) is 38.0 Å². The quantitative estimate of drug-likeness (QED) is 0.642. The number of anilines is 1. The van der Waals surface area contributed by atoms with Crippen LogP contribution < -0.4 is 5.32 Å². The van der Waals surface area contributed by atoms with Crippen molar-refractivity contribution in [3.63, 3.8) is 0 Å². The number of methoxy groups -OCH3 is 1. The third-order valence-corrected chi connectivity index (χ3v) is 4.38. The van der Waals surface area contributed by atoms with E-state index in [0.717, 1.165) is 5.76 Å². The summed E-state index contributed by atoms with van der Waals surface area (Å²) in [7, 11) is 1.63. The van der Waals surface area contributed by atoms with Crippen molar-refractivity contribution >= 4 is 17.5 Å². The Labute approximate surface area is 166 Å². The Balaban J connectivity index is 2.00. The van der Waals surface area contributed by atoms with Crippen molar-refractivity contribution in [3.8, 4) is 0 Å². The van der Waals surface area contributed by atoms with Crippen LogP contribution in [0.3, 0.4) is 0 Å². The van der Waals surface area contributed by atoms with E-state index >= 15 is 0 Å². The normalized spacial score (nSPS) is 10.9. The fourth-order valence-corrected chi connectivity index (χ4v) is 2.88.